The van der Waals surface area contributed by atoms with Crippen molar-refractivity contribution >= 4 is 22.7 Å². The first kappa shape index (κ1) is 9.64. The molecule has 14 heavy (non-hydrogen) atoms. The van der Waals surface area contributed by atoms with E-state index in [2.05, 4.69) is 5.32 Å². The average Bonchev–Trinajstić information content (AvgIpc) is 2.49. The number of carbonyl (C=O) groups excluding carboxylic acids is 2. The highest BCUT2D eigenvalue weighted by atomic mass is 32.2. The molecule has 2 fully saturated rings. The highest BCUT2D eigenvalue weighted by Gasteiger charge is 2.36. The molecule has 0 unspecified atom stereocenters. The Labute approximate surface area is 84.3 Å². The Morgan fingerprint density at radius 1 is 1.29 bits per heavy atom. The average molecular weight is 216 g/mol. The molecule has 1 N–H and O–H groups in total. The van der Waals surface area contributed by atoms with E-state index in [1.54, 1.807) is 0 Å². The normalized spacial score (nSPS) is 33.3. The second kappa shape index (κ2) is 3.68. The molecule has 0 aromatic carbocycles. The summed E-state index contributed by atoms with van der Waals surface area (Å²) in [6.07, 6.45) is 1.34. The highest BCUT2D eigenvalue weighted by Crippen LogP contribution is 2.18. The van der Waals surface area contributed by atoms with Gasteiger partial charge in [0.2, 0.25) is 5.91 Å². The lowest BCUT2D eigenvalue weighted by molar-refractivity contribution is -0.126. The van der Waals surface area contributed by atoms with Crippen LogP contribution in [0, 0.1) is 0 Å². The second-order valence-electron chi connectivity index (χ2n) is 3.50. The highest BCUT2D eigenvalue weighted by molar-refractivity contribution is 7.85. The largest absolute Gasteiger partial charge is 0.329 e. The van der Waals surface area contributed by atoms with E-state index < -0.39 is 10.8 Å². The standard InChI is InChI=1S/C8H12N2O3S/c11-7-5-9-8(12)10(7)6-1-3-14(13)4-2-6/h6H,1-5H2,(H,9,12). The molecular formula is C8H12N2O3S. The third-order valence-electron chi connectivity index (χ3n) is 2.60. The van der Waals surface area contributed by atoms with Crippen molar-refractivity contribution in [3.05, 3.63) is 0 Å². The van der Waals surface area contributed by atoms with E-state index in [9.17, 15) is 13.8 Å². The van der Waals surface area contributed by atoms with Crippen molar-refractivity contribution < 1.29 is 13.8 Å². The summed E-state index contributed by atoms with van der Waals surface area (Å²) >= 11 is 0. The fourth-order valence-electron chi connectivity index (χ4n) is 1.84. The van der Waals surface area contributed by atoms with Crippen LogP contribution in [0.25, 0.3) is 0 Å². The van der Waals surface area contributed by atoms with E-state index in [0.29, 0.717) is 24.3 Å². The summed E-state index contributed by atoms with van der Waals surface area (Å²) in [7, 11) is -0.753. The maximum absolute atomic E-state index is 11.3. The molecule has 0 aromatic rings. The minimum Gasteiger partial charge on any atom is -0.329 e. The number of hydrogen-bond donors (Lipinski definition) is 1. The van der Waals surface area contributed by atoms with E-state index >= 15 is 0 Å². The lowest BCUT2D eigenvalue weighted by atomic mass is 10.1. The van der Waals surface area contributed by atoms with E-state index in [1.165, 1.54) is 4.90 Å². The van der Waals surface area contributed by atoms with Gasteiger partial charge in [-0.25, -0.2) is 4.79 Å². The number of nitrogens with zero attached hydrogens (tertiary/aromatic N) is 1. The molecule has 0 bridgehead atoms. The molecule has 0 spiro atoms. The molecule has 2 saturated heterocycles. The van der Waals surface area contributed by atoms with Crippen LogP contribution in [0.5, 0.6) is 0 Å². The van der Waals surface area contributed by atoms with Gasteiger partial charge in [0, 0.05) is 28.3 Å². The molecule has 0 aromatic heterocycles. The summed E-state index contributed by atoms with van der Waals surface area (Å²) in [6.45, 7) is 0.110. The summed E-state index contributed by atoms with van der Waals surface area (Å²) in [4.78, 5) is 23.9. The van der Waals surface area contributed by atoms with Gasteiger partial charge in [0.1, 0.15) is 0 Å². The monoisotopic (exact) mass is 216 g/mol. The molecular weight excluding hydrogens is 204 g/mol. The number of hydrogen-bond acceptors (Lipinski definition) is 3. The van der Waals surface area contributed by atoms with E-state index in [4.69, 9.17) is 0 Å². The molecule has 0 radical (unpaired) electrons. The molecule has 2 aliphatic rings. The third kappa shape index (κ3) is 1.66. The van der Waals surface area contributed by atoms with E-state index in [-0.39, 0.29) is 24.5 Å². The summed E-state index contributed by atoms with van der Waals surface area (Å²) in [5, 5.41) is 2.49. The van der Waals surface area contributed by atoms with E-state index in [1.807, 2.05) is 0 Å². The number of carbonyl (C=O) groups is 2. The predicted molar refractivity (Wildman–Crippen MR) is 51.1 cm³/mol. The molecule has 2 aliphatic heterocycles. The molecule has 2 rings (SSSR count). The molecule has 2 heterocycles. The van der Waals surface area contributed by atoms with Gasteiger partial charge >= 0.3 is 6.03 Å². The van der Waals surface area contributed by atoms with Crippen molar-refractivity contribution in [2.24, 2.45) is 0 Å². The van der Waals surface area contributed by atoms with Crippen molar-refractivity contribution in [2.45, 2.75) is 18.9 Å². The Bertz CT molecular complexity index is 279. The lowest BCUT2D eigenvalue weighted by Gasteiger charge is -2.27. The molecule has 6 heteroatoms. The van der Waals surface area contributed by atoms with Crippen molar-refractivity contribution in [3.8, 4) is 0 Å². The minimum atomic E-state index is -0.753. The summed E-state index contributed by atoms with van der Waals surface area (Å²) in [5.74, 6) is 1.04. The van der Waals surface area contributed by atoms with Crippen molar-refractivity contribution in [2.75, 3.05) is 18.1 Å². The first-order valence-electron chi connectivity index (χ1n) is 4.63. The van der Waals surface area contributed by atoms with Gasteiger partial charge in [-0.3, -0.25) is 13.9 Å². The quantitative estimate of drug-likeness (QED) is 0.598. The minimum absolute atomic E-state index is 0.0392. The van der Waals surface area contributed by atoms with Crippen LogP contribution < -0.4 is 5.32 Å². The van der Waals surface area contributed by atoms with Crippen LogP contribution >= 0.6 is 0 Å². The van der Waals surface area contributed by atoms with Gasteiger partial charge in [0.15, 0.2) is 0 Å². The SMILES string of the molecule is O=C1CNC(=O)N1C1CCS(=O)CC1. The Hall–Kier alpha value is -0.910. The van der Waals surface area contributed by atoms with Gasteiger partial charge in [0.05, 0.1) is 6.54 Å². The van der Waals surface area contributed by atoms with Crippen LogP contribution in [-0.2, 0) is 15.6 Å². The van der Waals surface area contributed by atoms with Gasteiger partial charge in [0.25, 0.3) is 0 Å². The van der Waals surface area contributed by atoms with Crippen molar-refractivity contribution in [3.63, 3.8) is 0 Å². The van der Waals surface area contributed by atoms with Gasteiger partial charge in [-0.2, -0.15) is 0 Å². The fraction of sp³-hybridized carbons (Fsp3) is 0.750. The number of nitrogens with one attached hydrogen (secondary N) is 1. The number of imide groups is 1. The Balaban J connectivity index is 2.04. The van der Waals surface area contributed by atoms with E-state index in [0.717, 1.165) is 0 Å². The topological polar surface area (TPSA) is 66.5 Å². The summed E-state index contributed by atoms with van der Waals surface area (Å²) in [6, 6.07) is -0.338. The molecule has 5 nitrogen and oxygen atoms in total. The van der Waals surface area contributed by atoms with Gasteiger partial charge < -0.3 is 5.32 Å². The van der Waals surface area contributed by atoms with Crippen molar-refractivity contribution in [1.82, 2.24) is 10.2 Å². The number of urea groups is 1. The van der Waals surface area contributed by atoms with Crippen LogP contribution in [0.2, 0.25) is 0 Å². The zero-order valence-corrected chi connectivity index (χ0v) is 8.51. The third-order valence-corrected chi connectivity index (χ3v) is 3.98. The van der Waals surface area contributed by atoms with Gasteiger partial charge in [-0.05, 0) is 12.8 Å². The molecule has 0 atom stereocenters. The fourth-order valence-corrected chi connectivity index (χ4v) is 3.12. The van der Waals surface area contributed by atoms with Crippen LogP contribution in [0.15, 0.2) is 0 Å². The Morgan fingerprint density at radius 2 is 1.93 bits per heavy atom. The Morgan fingerprint density at radius 3 is 2.43 bits per heavy atom. The van der Waals surface area contributed by atoms with Crippen LogP contribution in [0.4, 0.5) is 4.79 Å². The van der Waals surface area contributed by atoms with Crippen LogP contribution in [0.1, 0.15) is 12.8 Å². The zero-order valence-electron chi connectivity index (χ0n) is 7.69. The van der Waals surface area contributed by atoms with Gasteiger partial charge in [-0.15, -0.1) is 0 Å². The predicted octanol–water partition coefficient (Wildman–Crippen LogP) is -0.551. The number of rotatable bonds is 1. The Kier molecular flexibility index (Phi) is 2.54. The van der Waals surface area contributed by atoms with Crippen molar-refractivity contribution in [1.29, 1.82) is 0 Å². The molecule has 0 saturated carbocycles. The molecule has 78 valence electrons. The first-order chi connectivity index (χ1) is 6.68. The lowest BCUT2D eigenvalue weighted by Crippen LogP contribution is -2.44. The maximum Gasteiger partial charge on any atom is 0.324 e. The van der Waals surface area contributed by atoms with Gasteiger partial charge in [-0.1, -0.05) is 0 Å². The smallest absolute Gasteiger partial charge is 0.324 e. The first-order valence-corrected chi connectivity index (χ1v) is 6.12. The summed E-state index contributed by atoms with van der Waals surface area (Å²) < 4.78 is 11.1. The van der Waals surface area contributed by atoms with Crippen LogP contribution in [-0.4, -0.2) is 45.1 Å². The maximum atomic E-state index is 11.3. The van der Waals surface area contributed by atoms with Crippen LogP contribution in [0.3, 0.4) is 0 Å². The number of amides is 3. The molecule has 0 aliphatic carbocycles. The zero-order chi connectivity index (χ0) is 10.1. The second-order valence-corrected chi connectivity index (χ2v) is 5.20. The molecule has 3 amide bonds. The summed E-state index contributed by atoms with van der Waals surface area (Å²) in [5.41, 5.74) is 0.